The van der Waals surface area contributed by atoms with Crippen LogP contribution in [0.3, 0.4) is 0 Å². The molecular formula is C16H16N2O3. The minimum Gasteiger partial charge on any atom is -0.493 e. The number of hydrogen-bond acceptors (Lipinski definition) is 4. The number of fused-ring (bicyclic) bond motifs is 1. The molecule has 1 unspecified atom stereocenters. The summed E-state index contributed by atoms with van der Waals surface area (Å²) in [5, 5.41) is 14.4. The number of rotatable bonds is 4. The van der Waals surface area contributed by atoms with Gasteiger partial charge in [0.05, 0.1) is 11.5 Å². The molecule has 1 aliphatic rings. The van der Waals surface area contributed by atoms with Gasteiger partial charge in [-0.1, -0.05) is 36.4 Å². The summed E-state index contributed by atoms with van der Waals surface area (Å²) < 4.78 is 5.62. The normalized spacial score (nSPS) is 16.9. The van der Waals surface area contributed by atoms with Crippen LogP contribution >= 0.6 is 0 Å². The van der Waals surface area contributed by atoms with Crippen molar-refractivity contribution in [2.24, 2.45) is 0 Å². The van der Waals surface area contributed by atoms with Gasteiger partial charge in [-0.3, -0.25) is 10.1 Å². The SMILES string of the molecule is O=[N+]([O-])c1ccccc1CNC1CCOc2ccccc21. The average Bonchev–Trinajstić information content (AvgIpc) is 2.53. The molecule has 1 heterocycles. The molecule has 0 saturated carbocycles. The lowest BCUT2D eigenvalue weighted by atomic mass is 10.00. The molecule has 5 heteroatoms. The summed E-state index contributed by atoms with van der Waals surface area (Å²) in [5.41, 5.74) is 1.97. The van der Waals surface area contributed by atoms with E-state index < -0.39 is 0 Å². The Morgan fingerprint density at radius 1 is 1.19 bits per heavy atom. The lowest BCUT2D eigenvalue weighted by Gasteiger charge is -2.26. The van der Waals surface area contributed by atoms with E-state index in [4.69, 9.17) is 4.74 Å². The third-order valence-corrected chi connectivity index (χ3v) is 3.69. The van der Waals surface area contributed by atoms with Crippen molar-refractivity contribution < 1.29 is 9.66 Å². The van der Waals surface area contributed by atoms with Crippen molar-refractivity contribution in [1.29, 1.82) is 0 Å². The second-order valence-electron chi connectivity index (χ2n) is 4.99. The van der Waals surface area contributed by atoms with Crippen LogP contribution in [-0.4, -0.2) is 11.5 Å². The summed E-state index contributed by atoms with van der Waals surface area (Å²) in [5.74, 6) is 0.892. The van der Waals surface area contributed by atoms with Gasteiger partial charge < -0.3 is 10.1 Å². The highest BCUT2D eigenvalue weighted by molar-refractivity contribution is 5.40. The van der Waals surface area contributed by atoms with E-state index in [2.05, 4.69) is 5.32 Å². The van der Waals surface area contributed by atoms with Gasteiger partial charge in [-0.25, -0.2) is 0 Å². The number of nitrogens with one attached hydrogen (secondary N) is 1. The lowest BCUT2D eigenvalue weighted by molar-refractivity contribution is -0.385. The van der Waals surface area contributed by atoms with Gasteiger partial charge in [-0.05, 0) is 6.07 Å². The van der Waals surface area contributed by atoms with Gasteiger partial charge in [0.1, 0.15) is 5.75 Å². The minimum atomic E-state index is -0.338. The van der Waals surface area contributed by atoms with Gasteiger partial charge in [0.15, 0.2) is 0 Å². The van der Waals surface area contributed by atoms with Crippen LogP contribution in [0.25, 0.3) is 0 Å². The predicted octanol–water partition coefficient (Wildman–Crippen LogP) is 3.21. The van der Waals surface area contributed by atoms with Crippen molar-refractivity contribution >= 4 is 5.69 Å². The number of para-hydroxylation sites is 2. The zero-order valence-corrected chi connectivity index (χ0v) is 11.5. The number of benzene rings is 2. The molecule has 0 aliphatic carbocycles. The van der Waals surface area contributed by atoms with E-state index in [1.807, 2.05) is 30.3 Å². The highest BCUT2D eigenvalue weighted by Crippen LogP contribution is 2.32. The summed E-state index contributed by atoms with van der Waals surface area (Å²) >= 11 is 0. The Hall–Kier alpha value is -2.40. The fourth-order valence-electron chi connectivity index (χ4n) is 2.63. The van der Waals surface area contributed by atoms with Crippen molar-refractivity contribution in [3.63, 3.8) is 0 Å². The molecule has 0 amide bonds. The van der Waals surface area contributed by atoms with E-state index in [0.29, 0.717) is 18.7 Å². The van der Waals surface area contributed by atoms with E-state index >= 15 is 0 Å². The third kappa shape index (κ3) is 2.87. The van der Waals surface area contributed by atoms with Crippen LogP contribution in [0.5, 0.6) is 5.75 Å². The Labute approximate surface area is 122 Å². The van der Waals surface area contributed by atoms with Crippen molar-refractivity contribution in [1.82, 2.24) is 5.32 Å². The van der Waals surface area contributed by atoms with Gasteiger partial charge in [0.2, 0.25) is 0 Å². The van der Waals surface area contributed by atoms with Crippen LogP contribution in [0.2, 0.25) is 0 Å². The monoisotopic (exact) mass is 284 g/mol. The van der Waals surface area contributed by atoms with Crippen LogP contribution in [-0.2, 0) is 6.54 Å². The first-order valence-electron chi connectivity index (χ1n) is 6.93. The molecule has 108 valence electrons. The lowest BCUT2D eigenvalue weighted by Crippen LogP contribution is -2.26. The quantitative estimate of drug-likeness (QED) is 0.691. The Morgan fingerprint density at radius 3 is 2.81 bits per heavy atom. The molecule has 1 atom stereocenters. The standard InChI is InChI=1S/C16H16N2O3/c19-18(20)15-7-3-1-5-12(15)11-17-14-9-10-21-16-8-4-2-6-13(14)16/h1-8,14,17H,9-11H2. The minimum absolute atomic E-state index is 0.158. The topological polar surface area (TPSA) is 64.4 Å². The van der Waals surface area contributed by atoms with E-state index in [9.17, 15) is 10.1 Å². The third-order valence-electron chi connectivity index (χ3n) is 3.69. The van der Waals surface area contributed by atoms with Crippen molar-refractivity contribution in [2.75, 3.05) is 6.61 Å². The van der Waals surface area contributed by atoms with E-state index in [-0.39, 0.29) is 16.7 Å². The molecule has 2 aromatic rings. The van der Waals surface area contributed by atoms with Crippen LogP contribution in [0.4, 0.5) is 5.69 Å². The first-order valence-corrected chi connectivity index (χ1v) is 6.93. The maximum Gasteiger partial charge on any atom is 0.273 e. The maximum absolute atomic E-state index is 11.0. The summed E-state index contributed by atoms with van der Waals surface area (Å²) in [6.45, 7) is 1.13. The van der Waals surface area contributed by atoms with Crippen molar-refractivity contribution in [2.45, 2.75) is 19.0 Å². The molecule has 0 bridgehead atoms. The molecule has 0 radical (unpaired) electrons. The molecular weight excluding hydrogens is 268 g/mol. The molecule has 5 nitrogen and oxygen atoms in total. The zero-order valence-electron chi connectivity index (χ0n) is 11.5. The summed E-state index contributed by atoms with van der Waals surface area (Å²) in [4.78, 5) is 10.7. The van der Waals surface area contributed by atoms with Gasteiger partial charge in [0.25, 0.3) is 5.69 Å². The van der Waals surface area contributed by atoms with Gasteiger partial charge in [-0.2, -0.15) is 0 Å². The van der Waals surface area contributed by atoms with Gasteiger partial charge >= 0.3 is 0 Å². The second-order valence-corrected chi connectivity index (χ2v) is 4.99. The molecule has 0 fully saturated rings. The molecule has 0 saturated heterocycles. The fraction of sp³-hybridized carbons (Fsp3) is 0.250. The fourth-order valence-corrected chi connectivity index (χ4v) is 2.63. The average molecular weight is 284 g/mol. The molecule has 3 rings (SSSR count). The highest BCUT2D eigenvalue weighted by Gasteiger charge is 2.21. The van der Waals surface area contributed by atoms with Crippen LogP contribution < -0.4 is 10.1 Å². The van der Waals surface area contributed by atoms with Crippen LogP contribution in [0, 0.1) is 10.1 Å². The molecule has 2 aromatic carbocycles. The van der Waals surface area contributed by atoms with Gasteiger partial charge in [-0.15, -0.1) is 0 Å². The van der Waals surface area contributed by atoms with E-state index in [1.54, 1.807) is 12.1 Å². The molecule has 1 aliphatic heterocycles. The first-order chi connectivity index (χ1) is 10.3. The van der Waals surface area contributed by atoms with Crippen molar-refractivity contribution in [3.05, 3.63) is 69.8 Å². The molecule has 0 aromatic heterocycles. The smallest absolute Gasteiger partial charge is 0.273 e. The predicted molar refractivity (Wildman–Crippen MR) is 79.2 cm³/mol. The molecule has 0 spiro atoms. The summed E-state index contributed by atoms with van der Waals surface area (Å²) in [6.07, 6.45) is 0.859. The Balaban J connectivity index is 1.76. The molecule has 21 heavy (non-hydrogen) atoms. The zero-order chi connectivity index (χ0) is 14.7. The molecule has 1 N–H and O–H groups in total. The number of nitrogens with zero attached hydrogens (tertiary/aromatic N) is 1. The highest BCUT2D eigenvalue weighted by atomic mass is 16.6. The number of ether oxygens (including phenoxy) is 1. The summed E-state index contributed by atoms with van der Waals surface area (Å²) in [7, 11) is 0. The Kier molecular flexibility index (Phi) is 3.83. The Morgan fingerprint density at radius 2 is 1.95 bits per heavy atom. The van der Waals surface area contributed by atoms with E-state index in [0.717, 1.165) is 17.7 Å². The number of nitro groups is 1. The maximum atomic E-state index is 11.0. The van der Waals surface area contributed by atoms with Crippen molar-refractivity contribution in [3.8, 4) is 5.75 Å². The van der Waals surface area contributed by atoms with Gasteiger partial charge in [0, 0.05) is 36.2 Å². The number of nitro benzene ring substituents is 1. The summed E-state index contributed by atoms with van der Waals surface area (Å²) in [6, 6.07) is 14.9. The first kappa shape index (κ1) is 13.6. The largest absolute Gasteiger partial charge is 0.493 e. The van der Waals surface area contributed by atoms with Crippen LogP contribution in [0.1, 0.15) is 23.6 Å². The van der Waals surface area contributed by atoms with E-state index in [1.165, 1.54) is 6.07 Å². The van der Waals surface area contributed by atoms with Crippen LogP contribution in [0.15, 0.2) is 48.5 Å². The number of hydrogen-bond donors (Lipinski definition) is 1. The Bertz CT molecular complexity index is 657. The second kappa shape index (κ2) is 5.93.